The molecule has 3 nitrogen and oxygen atoms in total. The zero-order valence-corrected chi connectivity index (χ0v) is 14.7. The third-order valence-corrected chi connectivity index (χ3v) is 5.39. The Labute approximate surface area is 145 Å². The van der Waals surface area contributed by atoms with Crippen molar-refractivity contribution in [3.63, 3.8) is 0 Å². The molecular weight excluding hydrogens is 354 g/mol. The molecule has 23 heavy (non-hydrogen) atoms. The van der Waals surface area contributed by atoms with Gasteiger partial charge in [0.25, 0.3) is 5.91 Å². The summed E-state index contributed by atoms with van der Waals surface area (Å²) >= 11 is 3.44. The molecule has 0 radical (unpaired) electrons. The van der Waals surface area contributed by atoms with Crippen molar-refractivity contribution in [2.24, 2.45) is 0 Å². The number of hydrogen-bond donors (Lipinski definition) is 1. The summed E-state index contributed by atoms with van der Waals surface area (Å²) in [5, 5.41) is 3.11. The first kappa shape index (κ1) is 16.1. The molecule has 2 aromatic rings. The summed E-state index contributed by atoms with van der Waals surface area (Å²) in [7, 11) is 1.60. The molecule has 0 bridgehead atoms. The number of methoxy groups -OCH3 is 1. The normalized spacial score (nSPS) is 15.6. The smallest absolute Gasteiger partial charge is 0.252 e. The fourth-order valence-corrected chi connectivity index (χ4v) is 3.54. The van der Waals surface area contributed by atoms with Crippen LogP contribution in [0.4, 0.5) is 0 Å². The molecule has 0 atom stereocenters. The summed E-state index contributed by atoms with van der Waals surface area (Å²) in [5.41, 5.74) is 2.01. The molecule has 1 aliphatic carbocycles. The average molecular weight is 374 g/mol. The quantitative estimate of drug-likeness (QED) is 0.847. The first-order valence-corrected chi connectivity index (χ1v) is 8.61. The van der Waals surface area contributed by atoms with Gasteiger partial charge in [-0.05, 0) is 52.5 Å². The highest BCUT2D eigenvalue weighted by Gasteiger charge is 2.38. The molecule has 0 spiro atoms. The maximum absolute atomic E-state index is 12.6. The minimum absolute atomic E-state index is 0.0713. The predicted molar refractivity (Wildman–Crippen MR) is 95.0 cm³/mol. The van der Waals surface area contributed by atoms with Gasteiger partial charge in [0.1, 0.15) is 5.75 Å². The lowest BCUT2D eigenvalue weighted by Crippen LogP contribution is -2.45. The van der Waals surface area contributed by atoms with Gasteiger partial charge in [0.05, 0.1) is 12.7 Å². The summed E-state index contributed by atoms with van der Waals surface area (Å²) in [6, 6.07) is 15.9. The SMILES string of the molecule is COc1ccc(Br)c(C(=O)NCC2(c3ccccc3)CCC2)c1. The molecule has 120 valence electrons. The number of amides is 1. The molecule has 0 aliphatic heterocycles. The van der Waals surface area contributed by atoms with Crippen LogP contribution in [-0.4, -0.2) is 19.6 Å². The zero-order valence-electron chi connectivity index (χ0n) is 13.1. The van der Waals surface area contributed by atoms with E-state index in [9.17, 15) is 4.79 Å². The summed E-state index contributed by atoms with van der Waals surface area (Å²) in [6.45, 7) is 0.666. The first-order valence-electron chi connectivity index (χ1n) is 7.82. The van der Waals surface area contributed by atoms with Gasteiger partial charge >= 0.3 is 0 Å². The highest BCUT2D eigenvalue weighted by molar-refractivity contribution is 9.10. The van der Waals surface area contributed by atoms with Crippen LogP contribution in [0.5, 0.6) is 5.75 Å². The number of nitrogens with one attached hydrogen (secondary N) is 1. The molecule has 1 amide bonds. The fourth-order valence-electron chi connectivity index (χ4n) is 3.11. The number of rotatable bonds is 5. The van der Waals surface area contributed by atoms with Crippen molar-refractivity contribution in [2.45, 2.75) is 24.7 Å². The molecule has 0 saturated heterocycles. The third-order valence-electron chi connectivity index (χ3n) is 4.70. The van der Waals surface area contributed by atoms with E-state index in [0.717, 1.165) is 17.3 Å². The molecule has 0 aromatic heterocycles. The fraction of sp³-hybridized carbons (Fsp3) is 0.316. The molecule has 3 rings (SSSR count). The lowest BCUT2D eigenvalue weighted by atomic mass is 9.64. The molecule has 1 aliphatic rings. The van der Waals surface area contributed by atoms with E-state index in [-0.39, 0.29) is 11.3 Å². The maximum Gasteiger partial charge on any atom is 0.252 e. The number of hydrogen-bond acceptors (Lipinski definition) is 2. The van der Waals surface area contributed by atoms with Crippen LogP contribution >= 0.6 is 15.9 Å². The lowest BCUT2D eigenvalue weighted by Gasteiger charge is -2.42. The van der Waals surface area contributed by atoms with Gasteiger partial charge in [-0.3, -0.25) is 4.79 Å². The predicted octanol–water partition coefficient (Wildman–Crippen LogP) is 4.31. The van der Waals surface area contributed by atoms with Gasteiger partial charge in [-0.2, -0.15) is 0 Å². The van der Waals surface area contributed by atoms with Gasteiger partial charge in [0, 0.05) is 16.4 Å². The van der Waals surface area contributed by atoms with Crippen molar-refractivity contribution in [3.8, 4) is 5.75 Å². The van der Waals surface area contributed by atoms with Crippen LogP contribution in [-0.2, 0) is 5.41 Å². The largest absolute Gasteiger partial charge is 0.497 e. The van der Waals surface area contributed by atoms with E-state index >= 15 is 0 Å². The Morgan fingerprint density at radius 2 is 1.96 bits per heavy atom. The Kier molecular flexibility index (Phi) is 4.71. The number of carbonyl (C=O) groups excluding carboxylic acids is 1. The molecule has 0 heterocycles. The van der Waals surface area contributed by atoms with E-state index in [2.05, 4.69) is 45.5 Å². The van der Waals surface area contributed by atoms with Gasteiger partial charge in [0.2, 0.25) is 0 Å². The van der Waals surface area contributed by atoms with E-state index in [1.165, 1.54) is 12.0 Å². The summed E-state index contributed by atoms with van der Waals surface area (Å²) in [6.07, 6.45) is 3.46. The van der Waals surface area contributed by atoms with Crippen molar-refractivity contribution in [2.75, 3.05) is 13.7 Å². The van der Waals surface area contributed by atoms with E-state index in [4.69, 9.17) is 4.74 Å². The second-order valence-corrected chi connectivity index (χ2v) is 6.88. The molecule has 4 heteroatoms. The molecule has 1 fully saturated rings. The van der Waals surface area contributed by atoms with Gasteiger partial charge in [-0.25, -0.2) is 0 Å². The van der Waals surface area contributed by atoms with Gasteiger partial charge in [0.15, 0.2) is 0 Å². The Balaban J connectivity index is 1.74. The summed E-state index contributed by atoms with van der Waals surface area (Å²) < 4.78 is 5.98. The Morgan fingerprint density at radius 3 is 2.57 bits per heavy atom. The van der Waals surface area contributed by atoms with E-state index in [1.807, 2.05) is 18.2 Å². The number of halogens is 1. The topological polar surface area (TPSA) is 38.3 Å². The van der Waals surface area contributed by atoms with Crippen molar-refractivity contribution >= 4 is 21.8 Å². The van der Waals surface area contributed by atoms with Crippen molar-refractivity contribution in [3.05, 3.63) is 64.1 Å². The van der Waals surface area contributed by atoms with Gasteiger partial charge < -0.3 is 10.1 Å². The van der Waals surface area contributed by atoms with Crippen LogP contribution in [0.25, 0.3) is 0 Å². The second-order valence-electron chi connectivity index (χ2n) is 6.03. The molecule has 2 aromatic carbocycles. The third kappa shape index (κ3) is 3.27. The van der Waals surface area contributed by atoms with Crippen molar-refractivity contribution in [1.29, 1.82) is 0 Å². The van der Waals surface area contributed by atoms with E-state index < -0.39 is 0 Å². The van der Waals surface area contributed by atoms with Crippen LogP contribution in [0.1, 0.15) is 35.2 Å². The number of ether oxygens (including phenoxy) is 1. The van der Waals surface area contributed by atoms with E-state index in [1.54, 1.807) is 13.2 Å². The Morgan fingerprint density at radius 1 is 1.22 bits per heavy atom. The lowest BCUT2D eigenvalue weighted by molar-refractivity contribution is 0.0926. The van der Waals surface area contributed by atoms with Crippen molar-refractivity contribution < 1.29 is 9.53 Å². The number of carbonyl (C=O) groups is 1. The molecule has 1 saturated carbocycles. The Bertz CT molecular complexity index is 696. The van der Waals surface area contributed by atoms with Gasteiger partial charge in [-0.1, -0.05) is 36.8 Å². The summed E-state index contributed by atoms with van der Waals surface area (Å²) in [5.74, 6) is 0.609. The van der Waals surface area contributed by atoms with Crippen LogP contribution in [0.3, 0.4) is 0 Å². The zero-order chi connectivity index (χ0) is 16.3. The highest BCUT2D eigenvalue weighted by Crippen LogP contribution is 2.43. The van der Waals surface area contributed by atoms with Crippen LogP contribution in [0.2, 0.25) is 0 Å². The van der Waals surface area contributed by atoms with Crippen LogP contribution in [0.15, 0.2) is 53.0 Å². The Hall–Kier alpha value is -1.81. The minimum atomic E-state index is -0.0713. The average Bonchev–Trinajstić information content (AvgIpc) is 2.55. The van der Waals surface area contributed by atoms with Gasteiger partial charge in [-0.15, -0.1) is 0 Å². The summed E-state index contributed by atoms with van der Waals surface area (Å²) in [4.78, 5) is 12.6. The van der Waals surface area contributed by atoms with Crippen LogP contribution in [0, 0.1) is 0 Å². The second kappa shape index (κ2) is 6.75. The van der Waals surface area contributed by atoms with Crippen molar-refractivity contribution in [1.82, 2.24) is 5.32 Å². The minimum Gasteiger partial charge on any atom is -0.497 e. The van der Waals surface area contributed by atoms with Crippen LogP contribution < -0.4 is 10.1 Å². The molecular formula is C19H20BrNO2. The molecule has 0 unspecified atom stereocenters. The first-order chi connectivity index (χ1) is 11.1. The molecule has 1 N–H and O–H groups in total. The standard InChI is InChI=1S/C19H20BrNO2/c1-23-15-8-9-17(20)16(12-15)18(22)21-13-19(10-5-11-19)14-6-3-2-4-7-14/h2-4,6-9,12H,5,10-11,13H2,1H3,(H,21,22). The monoisotopic (exact) mass is 373 g/mol. The van der Waals surface area contributed by atoms with E-state index in [0.29, 0.717) is 17.9 Å². The maximum atomic E-state index is 12.6. The highest BCUT2D eigenvalue weighted by atomic mass is 79.9. The number of benzene rings is 2.